The Morgan fingerprint density at radius 1 is 1.20 bits per heavy atom. The molecular weight excluding hydrogens is 311 g/mol. The summed E-state index contributed by atoms with van der Waals surface area (Å²) in [6, 6.07) is 0. The Hall–Kier alpha value is -0.980. The summed E-state index contributed by atoms with van der Waals surface area (Å²) in [7, 11) is 0. The zero-order valence-electron chi connectivity index (χ0n) is 8.59. The molecule has 15 heavy (non-hydrogen) atoms. The highest BCUT2D eigenvalue weighted by Crippen LogP contribution is 2.39. The van der Waals surface area contributed by atoms with E-state index in [1.807, 2.05) is 36.4 Å². The second-order valence-electron chi connectivity index (χ2n) is 3.23. The average molecular weight is 322 g/mol. The molecule has 5 heteroatoms. The molecule has 0 bridgehead atoms. The third kappa shape index (κ3) is 2.17. The molecule has 82 valence electrons. The van der Waals surface area contributed by atoms with Gasteiger partial charge in [0.25, 0.3) is 0 Å². The highest BCUT2D eigenvalue weighted by molar-refractivity contribution is 14.1. The fourth-order valence-electron chi connectivity index (χ4n) is 1.25. The van der Waals surface area contributed by atoms with Gasteiger partial charge < -0.3 is 14.9 Å². The van der Waals surface area contributed by atoms with Gasteiger partial charge in [0.1, 0.15) is 0 Å². The summed E-state index contributed by atoms with van der Waals surface area (Å²) < 4.78 is 5.17. The number of halogens is 1. The first kappa shape index (κ1) is 12.1. The van der Waals surface area contributed by atoms with Crippen LogP contribution in [0.25, 0.3) is 0 Å². The van der Waals surface area contributed by atoms with E-state index in [1.165, 1.54) is 0 Å². The maximum absolute atomic E-state index is 10.4. The smallest absolute Gasteiger partial charge is 0.504 e. The van der Waals surface area contributed by atoms with E-state index in [-0.39, 0.29) is 11.5 Å². The average Bonchev–Trinajstić information content (AvgIpc) is 2.18. The zero-order valence-corrected chi connectivity index (χ0v) is 10.7. The normalized spacial score (nSPS) is 10.1. The molecule has 1 aromatic rings. The molecule has 0 saturated heterocycles. The highest BCUT2D eigenvalue weighted by Gasteiger charge is 2.18. The summed E-state index contributed by atoms with van der Waals surface area (Å²) in [5.74, 6) is -0.0893. The molecule has 2 N–H and O–H groups in total. The number of carboxylic acid groups (broad SMARTS) is 1. The monoisotopic (exact) mass is 322 g/mol. The molecule has 0 aromatic heterocycles. The predicted molar refractivity (Wildman–Crippen MR) is 63.7 cm³/mol. The molecule has 0 aliphatic carbocycles. The summed E-state index contributed by atoms with van der Waals surface area (Å²) in [4.78, 5) is 10.4. The fourth-order valence-corrected chi connectivity index (χ4v) is 2.02. The maximum Gasteiger partial charge on any atom is 0.511 e. The van der Waals surface area contributed by atoms with E-state index in [9.17, 15) is 9.90 Å². The predicted octanol–water partition coefficient (Wildman–Crippen LogP) is 2.98. The van der Waals surface area contributed by atoms with Crippen molar-refractivity contribution in [3.8, 4) is 11.5 Å². The van der Waals surface area contributed by atoms with Crippen molar-refractivity contribution in [3.05, 3.63) is 20.3 Å². The fraction of sp³-hybridized carbons (Fsp3) is 0.300. The Balaban J connectivity index is 3.45. The Morgan fingerprint density at radius 2 is 1.73 bits per heavy atom. The van der Waals surface area contributed by atoms with Gasteiger partial charge in [-0.05, 0) is 60.1 Å². The number of hydrogen-bond acceptors (Lipinski definition) is 3. The van der Waals surface area contributed by atoms with Crippen LogP contribution in [0.1, 0.15) is 16.7 Å². The lowest BCUT2D eigenvalue weighted by Crippen LogP contribution is -2.06. The van der Waals surface area contributed by atoms with Crippen molar-refractivity contribution in [2.45, 2.75) is 20.8 Å². The SMILES string of the molecule is Cc1c(C)c(O)c(OC(=O)O)c(I)c1C. The van der Waals surface area contributed by atoms with Crippen molar-refractivity contribution in [1.82, 2.24) is 0 Å². The quantitative estimate of drug-likeness (QED) is 0.474. The third-order valence-electron chi connectivity index (χ3n) is 2.41. The van der Waals surface area contributed by atoms with Gasteiger partial charge in [-0.2, -0.15) is 0 Å². The van der Waals surface area contributed by atoms with Crippen LogP contribution in [0.15, 0.2) is 0 Å². The summed E-state index contributed by atoms with van der Waals surface area (Å²) in [5.41, 5.74) is 2.50. The van der Waals surface area contributed by atoms with Gasteiger partial charge in [0.05, 0.1) is 3.57 Å². The third-order valence-corrected chi connectivity index (χ3v) is 3.71. The van der Waals surface area contributed by atoms with Gasteiger partial charge in [-0.15, -0.1) is 0 Å². The molecule has 0 atom stereocenters. The van der Waals surface area contributed by atoms with Gasteiger partial charge in [-0.1, -0.05) is 0 Å². The van der Waals surface area contributed by atoms with Crippen LogP contribution in [-0.4, -0.2) is 16.4 Å². The Bertz CT molecular complexity index is 397. The second kappa shape index (κ2) is 4.26. The van der Waals surface area contributed by atoms with Crippen molar-refractivity contribution in [3.63, 3.8) is 0 Å². The van der Waals surface area contributed by atoms with Gasteiger partial charge >= 0.3 is 6.16 Å². The lowest BCUT2D eigenvalue weighted by Gasteiger charge is -2.14. The number of carbonyl (C=O) groups is 1. The minimum atomic E-state index is -1.43. The largest absolute Gasteiger partial charge is 0.511 e. The standard InChI is InChI=1S/C10H11IO4/c1-4-5(2)7(11)9(15-10(13)14)8(12)6(4)3/h12H,1-3H3,(H,13,14). The molecule has 0 fully saturated rings. The number of hydrogen-bond donors (Lipinski definition) is 2. The molecule has 1 aromatic carbocycles. The molecule has 0 amide bonds. The van der Waals surface area contributed by atoms with E-state index in [2.05, 4.69) is 4.74 Å². The Morgan fingerprint density at radius 3 is 2.20 bits per heavy atom. The summed E-state index contributed by atoms with van der Waals surface area (Å²) in [6.45, 7) is 5.46. The Kier molecular flexibility index (Phi) is 3.43. The van der Waals surface area contributed by atoms with Gasteiger partial charge in [0.2, 0.25) is 0 Å². The second-order valence-corrected chi connectivity index (χ2v) is 4.31. The molecule has 0 aliphatic heterocycles. The molecule has 0 unspecified atom stereocenters. The molecular formula is C10H11IO4. The topological polar surface area (TPSA) is 66.8 Å². The number of ether oxygens (including phenoxy) is 1. The number of rotatable bonds is 1. The molecule has 0 heterocycles. The molecule has 4 nitrogen and oxygen atoms in total. The van der Waals surface area contributed by atoms with E-state index in [4.69, 9.17) is 5.11 Å². The first-order chi connectivity index (χ1) is 6.86. The van der Waals surface area contributed by atoms with Crippen molar-refractivity contribution < 1.29 is 19.7 Å². The maximum atomic E-state index is 10.4. The summed E-state index contributed by atoms with van der Waals surface area (Å²) in [5, 5.41) is 18.3. The first-order valence-electron chi connectivity index (χ1n) is 4.25. The number of phenols is 1. The van der Waals surface area contributed by atoms with Gasteiger partial charge in [-0.25, -0.2) is 4.79 Å². The summed E-state index contributed by atoms with van der Waals surface area (Å²) in [6.07, 6.45) is -1.43. The summed E-state index contributed by atoms with van der Waals surface area (Å²) >= 11 is 1.96. The van der Waals surface area contributed by atoms with E-state index in [1.54, 1.807) is 6.92 Å². The number of phenolic OH excluding ortho intramolecular Hbond substituents is 1. The van der Waals surface area contributed by atoms with Crippen molar-refractivity contribution in [2.75, 3.05) is 0 Å². The molecule has 0 radical (unpaired) electrons. The minimum Gasteiger partial charge on any atom is -0.504 e. The van der Waals surface area contributed by atoms with Crippen molar-refractivity contribution in [2.24, 2.45) is 0 Å². The van der Waals surface area contributed by atoms with Gasteiger partial charge in [0.15, 0.2) is 11.5 Å². The van der Waals surface area contributed by atoms with Gasteiger partial charge in [-0.3, -0.25) is 0 Å². The van der Waals surface area contributed by atoms with Gasteiger partial charge in [0, 0.05) is 0 Å². The van der Waals surface area contributed by atoms with E-state index in [0.29, 0.717) is 9.13 Å². The molecule has 0 saturated carbocycles. The zero-order chi connectivity index (χ0) is 11.7. The van der Waals surface area contributed by atoms with Crippen LogP contribution in [0, 0.1) is 24.3 Å². The van der Waals surface area contributed by atoms with Crippen LogP contribution in [0.3, 0.4) is 0 Å². The van der Waals surface area contributed by atoms with Crippen molar-refractivity contribution in [1.29, 1.82) is 0 Å². The van der Waals surface area contributed by atoms with E-state index in [0.717, 1.165) is 11.1 Å². The van der Waals surface area contributed by atoms with Crippen LogP contribution in [0.2, 0.25) is 0 Å². The van der Waals surface area contributed by atoms with E-state index < -0.39 is 6.16 Å². The van der Waals surface area contributed by atoms with Crippen LogP contribution in [-0.2, 0) is 0 Å². The lowest BCUT2D eigenvalue weighted by molar-refractivity contribution is 0.142. The van der Waals surface area contributed by atoms with E-state index >= 15 is 0 Å². The van der Waals surface area contributed by atoms with Crippen molar-refractivity contribution >= 4 is 28.7 Å². The molecule has 0 aliphatic rings. The highest BCUT2D eigenvalue weighted by atomic mass is 127. The molecule has 1 rings (SSSR count). The minimum absolute atomic E-state index is 0.0173. The number of aromatic hydroxyl groups is 1. The van der Waals surface area contributed by atoms with Crippen LogP contribution in [0.4, 0.5) is 4.79 Å². The lowest BCUT2D eigenvalue weighted by atomic mass is 10.0. The first-order valence-corrected chi connectivity index (χ1v) is 5.33. The molecule has 0 spiro atoms. The Labute approximate surface area is 101 Å². The van der Waals surface area contributed by atoms with Crippen LogP contribution >= 0.6 is 22.6 Å². The van der Waals surface area contributed by atoms with Crippen LogP contribution < -0.4 is 4.74 Å². The number of benzene rings is 1. The van der Waals surface area contributed by atoms with Crippen LogP contribution in [0.5, 0.6) is 11.5 Å².